The van der Waals surface area contributed by atoms with Crippen LogP contribution >= 0.6 is 0 Å². The molecule has 0 saturated heterocycles. The fraction of sp³-hybridized carbons (Fsp3) is 0.214. The van der Waals surface area contributed by atoms with Crippen molar-refractivity contribution < 1.29 is 8.91 Å². The molecule has 2 N–H and O–H groups in total. The Morgan fingerprint density at radius 1 is 1.43 bits per heavy atom. The Kier molecular flexibility index (Phi) is 3.49. The smallest absolute Gasteiger partial charge is 0.248 e. The highest BCUT2D eigenvalue weighted by atomic mass is 19.1. The Morgan fingerprint density at radius 3 is 3.00 bits per heavy atom. The first kappa shape index (κ1) is 13.4. The van der Waals surface area contributed by atoms with Gasteiger partial charge in [-0.15, -0.1) is 0 Å². The highest BCUT2D eigenvalue weighted by Crippen LogP contribution is 2.18. The Labute approximate surface area is 120 Å². The van der Waals surface area contributed by atoms with Crippen LogP contribution in [0.3, 0.4) is 0 Å². The van der Waals surface area contributed by atoms with Crippen molar-refractivity contribution in [1.29, 1.82) is 0 Å². The van der Waals surface area contributed by atoms with Gasteiger partial charge in [0, 0.05) is 25.2 Å². The Morgan fingerprint density at radius 2 is 2.29 bits per heavy atom. The highest BCUT2D eigenvalue weighted by molar-refractivity contribution is 5.21. The molecule has 3 aromatic rings. The largest absolute Gasteiger partial charge is 0.337 e. The number of rotatable bonds is 4. The molecular formula is C14H14FN5O. The van der Waals surface area contributed by atoms with Gasteiger partial charge < -0.3 is 10.3 Å². The second kappa shape index (κ2) is 5.45. The number of hydrogen-bond acceptors (Lipinski definition) is 5. The lowest BCUT2D eigenvalue weighted by atomic mass is 10.1. The minimum Gasteiger partial charge on any atom is -0.337 e. The molecule has 1 atom stereocenters. The zero-order valence-electron chi connectivity index (χ0n) is 11.4. The fourth-order valence-corrected chi connectivity index (χ4v) is 2.04. The first-order valence-electron chi connectivity index (χ1n) is 6.43. The molecule has 1 aromatic carbocycles. The molecule has 0 aliphatic rings. The van der Waals surface area contributed by atoms with Gasteiger partial charge in [-0.05, 0) is 17.7 Å². The van der Waals surface area contributed by atoms with Crippen molar-refractivity contribution in [3.05, 3.63) is 65.3 Å². The van der Waals surface area contributed by atoms with Crippen molar-refractivity contribution in [2.24, 2.45) is 12.8 Å². The standard InChI is InChI=1S/C14H14FN5O/c1-20-8-10(7-17-20)13(16)14-18-12(19-21-14)6-9-3-2-4-11(15)5-9/h2-5,7-8,13H,6,16H2,1H3. The average Bonchev–Trinajstić information content (AvgIpc) is 3.07. The molecule has 0 aliphatic carbocycles. The molecule has 3 rings (SSSR count). The number of nitrogens with zero attached hydrogens (tertiary/aromatic N) is 4. The van der Waals surface area contributed by atoms with Crippen LogP contribution < -0.4 is 5.73 Å². The minimum absolute atomic E-state index is 0.289. The van der Waals surface area contributed by atoms with E-state index < -0.39 is 6.04 Å². The first-order chi connectivity index (χ1) is 10.1. The van der Waals surface area contributed by atoms with Gasteiger partial charge in [-0.25, -0.2) is 4.39 Å². The molecule has 0 fully saturated rings. The molecule has 1 unspecified atom stereocenters. The van der Waals surface area contributed by atoms with Crippen molar-refractivity contribution >= 4 is 0 Å². The average molecular weight is 287 g/mol. The Balaban J connectivity index is 1.77. The number of aryl methyl sites for hydroxylation is 1. The van der Waals surface area contributed by atoms with Gasteiger partial charge in [-0.2, -0.15) is 10.1 Å². The van der Waals surface area contributed by atoms with Crippen LogP contribution in [0, 0.1) is 5.82 Å². The lowest BCUT2D eigenvalue weighted by molar-refractivity contribution is 0.363. The van der Waals surface area contributed by atoms with Crippen molar-refractivity contribution in [3.63, 3.8) is 0 Å². The third kappa shape index (κ3) is 2.97. The number of aromatic nitrogens is 4. The summed E-state index contributed by atoms with van der Waals surface area (Å²) < 4.78 is 20.0. The van der Waals surface area contributed by atoms with E-state index >= 15 is 0 Å². The van der Waals surface area contributed by atoms with Gasteiger partial charge in [0.2, 0.25) is 5.89 Å². The van der Waals surface area contributed by atoms with Crippen LogP contribution in [0.25, 0.3) is 0 Å². The zero-order chi connectivity index (χ0) is 14.8. The van der Waals surface area contributed by atoms with Gasteiger partial charge in [0.1, 0.15) is 11.9 Å². The van der Waals surface area contributed by atoms with E-state index in [0.29, 0.717) is 18.1 Å². The van der Waals surface area contributed by atoms with E-state index in [0.717, 1.165) is 11.1 Å². The van der Waals surface area contributed by atoms with Gasteiger partial charge in [0.05, 0.1) is 6.20 Å². The van der Waals surface area contributed by atoms with E-state index in [1.165, 1.54) is 12.1 Å². The van der Waals surface area contributed by atoms with Crippen LogP contribution in [0.4, 0.5) is 4.39 Å². The van der Waals surface area contributed by atoms with E-state index in [1.807, 2.05) is 0 Å². The molecule has 21 heavy (non-hydrogen) atoms. The predicted octanol–water partition coefficient (Wildman–Crippen LogP) is 1.58. The predicted molar refractivity (Wildman–Crippen MR) is 72.7 cm³/mol. The van der Waals surface area contributed by atoms with Gasteiger partial charge in [0.25, 0.3) is 0 Å². The molecule has 7 heteroatoms. The molecule has 0 bridgehead atoms. The third-order valence-electron chi connectivity index (χ3n) is 3.09. The summed E-state index contributed by atoms with van der Waals surface area (Å²) >= 11 is 0. The normalized spacial score (nSPS) is 12.5. The third-order valence-corrected chi connectivity index (χ3v) is 3.09. The van der Waals surface area contributed by atoms with Crippen molar-refractivity contribution in [3.8, 4) is 0 Å². The maximum atomic E-state index is 13.1. The molecule has 6 nitrogen and oxygen atoms in total. The van der Waals surface area contributed by atoms with Crippen LogP contribution in [0.1, 0.15) is 28.9 Å². The van der Waals surface area contributed by atoms with E-state index in [1.54, 1.807) is 36.3 Å². The summed E-state index contributed by atoms with van der Waals surface area (Å²) in [4.78, 5) is 4.26. The SMILES string of the molecule is Cn1cc(C(N)c2nc(Cc3cccc(F)c3)no2)cn1. The summed E-state index contributed by atoms with van der Waals surface area (Å²) in [5.74, 6) is 0.493. The molecule has 2 aromatic heterocycles. The summed E-state index contributed by atoms with van der Waals surface area (Å²) in [7, 11) is 1.80. The molecule has 2 heterocycles. The number of benzene rings is 1. The van der Waals surface area contributed by atoms with Gasteiger partial charge in [0.15, 0.2) is 5.82 Å². The lowest BCUT2D eigenvalue weighted by Gasteiger charge is -2.01. The summed E-state index contributed by atoms with van der Waals surface area (Å²) in [6.45, 7) is 0. The van der Waals surface area contributed by atoms with Crippen molar-refractivity contribution in [2.75, 3.05) is 0 Å². The van der Waals surface area contributed by atoms with Gasteiger partial charge in [-0.3, -0.25) is 4.68 Å². The molecule has 0 spiro atoms. The number of nitrogens with two attached hydrogens (primary N) is 1. The van der Waals surface area contributed by atoms with Crippen LogP contribution in [-0.2, 0) is 13.5 Å². The van der Waals surface area contributed by atoms with Crippen molar-refractivity contribution in [1.82, 2.24) is 19.9 Å². The van der Waals surface area contributed by atoms with Gasteiger partial charge in [-0.1, -0.05) is 17.3 Å². The molecule has 0 saturated carbocycles. The van der Waals surface area contributed by atoms with Crippen LogP contribution in [0.15, 0.2) is 41.2 Å². The van der Waals surface area contributed by atoms with Crippen LogP contribution in [0.5, 0.6) is 0 Å². The van der Waals surface area contributed by atoms with E-state index in [2.05, 4.69) is 15.2 Å². The van der Waals surface area contributed by atoms with Gasteiger partial charge >= 0.3 is 0 Å². The second-order valence-electron chi connectivity index (χ2n) is 4.78. The molecular weight excluding hydrogens is 273 g/mol. The lowest BCUT2D eigenvalue weighted by Crippen LogP contribution is -2.11. The van der Waals surface area contributed by atoms with E-state index in [4.69, 9.17) is 10.3 Å². The van der Waals surface area contributed by atoms with Crippen LogP contribution in [0.2, 0.25) is 0 Å². The van der Waals surface area contributed by atoms with E-state index in [-0.39, 0.29) is 5.82 Å². The topological polar surface area (TPSA) is 82.8 Å². The zero-order valence-corrected chi connectivity index (χ0v) is 11.4. The summed E-state index contributed by atoms with van der Waals surface area (Å²) in [6, 6.07) is 5.76. The number of halogens is 1. The highest BCUT2D eigenvalue weighted by Gasteiger charge is 2.18. The monoisotopic (exact) mass is 287 g/mol. The summed E-state index contributed by atoms with van der Waals surface area (Å²) in [6.07, 6.45) is 3.84. The summed E-state index contributed by atoms with van der Waals surface area (Å²) in [5.41, 5.74) is 7.62. The number of hydrogen-bond donors (Lipinski definition) is 1. The maximum Gasteiger partial charge on any atom is 0.248 e. The second-order valence-corrected chi connectivity index (χ2v) is 4.78. The molecule has 0 aliphatic heterocycles. The molecule has 108 valence electrons. The van der Waals surface area contributed by atoms with Crippen molar-refractivity contribution in [2.45, 2.75) is 12.5 Å². The fourth-order valence-electron chi connectivity index (χ4n) is 2.04. The Bertz CT molecular complexity index is 751. The molecule has 0 amide bonds. The quantitative estimate of drug-likeness (QED) is 0.787. The summed E-state index contributed by atoms with van der Waals surface area (Å²) in [5, 5.41) is 7.93. The Hall–Kier alpha value is -2.54. The minimum atomic E-state index is -0.521. The molecule has 0 radical (unpaired) electrons. The van der Waals surface area contributed by atoms with Crippen LogP contribution in [-0.4, -0.2) is 19.9 Å². The first-order valence-corrected chi connectivity index (χ1v) is 6.43. The maximum absolute atomic E-state index is 13.1. The van der Waals surface area contributed by atoms with E-state index in [9.17, 15) is 4.39 Å².